The molecule has 1 N–H and O–H groups in total. The monoisotopic (exact) mass is 241 g/mol. The summed E-state index contributed by atoms with van der Waals surface area (Å²) in [5.41, 5.74) is 0.486. The van der Waals surface area contributed by atoms with Gasteiger partial charge in [-0.05, 0) is 6.42 Å². The molecule has 0 saturated heterocycles. The first-order valence-corrected chi connectivity index (χ1v) is 5.64. The molecule has 0 unspecified atom stereocenters. The van der Waals surface area contributed by atoms with Gasteiger partial charge in [-0.3, -0.25) is 9.48 Å². The number of rotatable bonds is 7. The van der Waals surface area contributed by atoms with E-state index in [1.165, 1.54) is 6.20 Å². The molecule has 0 bridgehead atoms. The number of carbonyl (C=O) groups excluding carboxylic acids is 1. The molecule has 0 fully saturated rings. The van der Waals surface area contributed by atoms with Gasteiger partial charge in [0, 0.05) is 13.1 Å². The van der Waals surface area contributed by atoms with Crippen LogP contribution in [-0.4, -0.2) is 28.7 Å². The summed E-state index contributed by atoms with van der Waals surface area (Å²) in [4.78, 5) is 11.9. The highest BCUT2D eigenvalue weighted by Crippen LogP contribution is 2.15. The van der Waals surface area contributed by atoms with E-state index in [2.05, 4.69) is 17.0 Å². The molecule has 0 aliphatic rings. The molecule has 0 atom stereocenters. The summed E-state index contributed by atoms with van der Waals surface area (Å²) in [6, 6.07) is 0. The fourth-order valence-electron chi connectivity index (χ4n) is 1.39. The van der Waals surface area contributed by atoms with Crippen molar-refractivity contribution in [3.8, 4) is 0 Å². The quantitative estimate of drug-likeness (QED) is 0.451. The highest BCUT2D eigenvalue weighted by atomic mass is 35.5. The molecule has 1 aromatic rings. The summed E-state index contributed by atoms with van der Waals surface area (Å²) in [7, 11) is 0. The maximum absolute atomic E-state index is 11.9. The lowest BCUT2D eigenvalue weighted by atomic mass is 10.2. The fraction of sp³-hybridized carbons (Fsp3) is 0.455. The van der Waals surface area contributed by atoms with Crippen molar-refractivity contribution in [1.82, 2.24) is 15.1 Å². The zero-order valence-corrected chi connectivity index (χ0v) is 10.1. The van der Waals surface area contributed by atoms with Crippen LogP contribution < -0.4 is 5.32 Å². The standard InChI is InChI=1S/C11H16ClN3O/c1-3-5-13-8-10(16)11-9(12)7-14-15(11)6-4-2/h3,7,13H,1,4-6,8H2,2H3. The highest BCUT2D eigenvalue weighted by Gasteiger charge is 2.16. The second-order valence-electron chi connectivity index (χ2n) is 3.41. The van der Waals surface area contributed by atoms with E-state index in [4.69, 9.17) is 11.6 Å². The Labute approximate surface area is 100 Å². The van der Waals surface area contributed by atoms with Crippen molar-refractivity contribution in [3.63, 3.8) is 0 Å². The van der Waals surface area contributed by atoms with Gasteiger partial charge in [-0.1, -0.05) is 24.6 Å². The molecule has 0 aromatic carbocycles. The number of hydrogen-bond acceptors (Lipinski definition) is 3. The highest BCUT2D eigenvalue weighted by molar-refractivity contribution is 6.33. The Morgan fingerprint density at radius 3 is 3.12 bits per heavy atom. The van der Waals surface area contributed by atoms with Crippen molar-refractivity contribution in [2.75, 3.05) is 13.1 Å². The minimum absolute atomic E-state index is 0.0437. The molecule has 4 nitrogen and oxygen atoms in total. The van der Waals surface area contributed by atoms with E-state index in [9.17, 15) is 4.79 Å². The number of hydrogen-bond donors (Lipinski definition) is 1. The third-order valence-corrected chi connectivity index (χ3v) is 2.35. The predicted octanol–water partition coefficient (Wildman–Crippen LogP) is 1.90. The average molecular weight is 242 g/mol. The molecule has 0 saturated carbocycles. The summed E-state index contributed by atoms with van der Waals surface area (Å²) in [6.07, 6.45) is 4.13. The largest absolute Gasteiger partial charge is 0.306 e. The SMILES string of the molecule is C=CCNCC(=O)c1c(Cl)cnn1CCC. The van der Waals surface area contributed by atoms with E-state index in [0.717, 1.165) is 6.42 Å². The molecular formula is C11H16ClN3O. The van der Waals surface area contributed by atoms with Crippen LogP contribution in [0.4, 0.5) is 0 Å². The second-order valence-corrected chi connectivity index (χ2v) is 3.81. The van der Waals surface area contributed by atoms with Gasteiger partial charge in [0.2, 0.25) is 0 Å². The first kappa shape index (κ1) is 12.9. The Morgan fingerprint density at radius 2 is 2.50 bits per heavy atom. The summed E-state index contributed by atoms with van der Waals surface area (Å²) in [6.45, 7) is 7.15. The van der Waals surface area contributed by atoms with Crippen molar-refractivity contribution >= 4 is 17.4 Å². The van der Waals surface area contributed by atoms with Crippen LogP contribution in [0, 0.1) is 0 Å². The van der Waals surface area contributed by atoms with Crippen LogP contribution in [-0.2, 0) is 6.54 Å². The van der Waals surface area contributed by atoms with Crippen LogP contribution in [0.1, 0.15) is 23.8 Å². The zero-order chi connectivity index (χ0) is 12.0. The van der Waals surface area contributed by atoms with Crippen molar-refractivity contribution < 1.29 is 4.79 Å². The van der Waals surface area contributed by atoms with Crippen molar-refractivity contribution in [2.45, 2.75) is 19.9 Å². The van der Waals surface area contributed by atoms with E-state index in [-0.39, 0.29) is 12.3 Å². The molecule has 1 aromatic heterocycles. The molecule has 88 valence electrons. The van der Waals surface area contributed by atoms with Gasteiger partial charge in [0.05, 0.1) is 17.8 Å². The Hall–Kier alpha value is -1.13. The molecule has 1 rings (SSSR count). The van der Waals surface area contributed by atoms with E-state index in [1.54, 1.807) is 10.8 Å². The predicted molar refractivity (Wildman–Crippen MR) is 64.9 cm³/mol. The Kier molecular flexibility index (Phi) is 5.22. The number of Topliss-reactive ketones (excluding diaryl/α,β-unsaturated/α-hetero) is 1. The Morgan fingerprint density at radius 1 is 1.75 bits per heavy atom. The first-order chi connectivity index (χ1) is 7.70. The molecule has 0 aliphatic heterocycles. The number of halogens is 1. The number of carbonyl (C=O) groups is 1. The van der Waals surface area contributed by atoms with Crippen LogP contribution in [0.3, 0.4) is 0 Å². The second kappa shape index (κ2) is 6.45. The van der Waals surface area contributed by atoms with Gasteiger partial charge in [0.15, 0.2) is 5.78 Å². The summed E-state index contributed by atoms with van der Waals surface area (Å²) < 4.78 is 1.65. The number of nitrogens with one attached hydrogen (secondary N) is 1. The van der Waals surface area contributed by atoms with Crippen molar-refractivity contribution in [3.05, 3.63) is 29.6 Å². The van der Waals surface area contributed by atoms with Crippen LogP contribution in [0.5, 0.6) is 0 Å². The summed E-state index contributed by atoms with van der Waals surface area (Å²) in [5, 5.41) is 7.44. The van der Waals surface area contributed by atoms with Crippen LogP contribution in [0.15, 0.2) is 18.9 Å². The molecule has 0 amide bonds. The van der Waals surface area contributed by atoms with Gasteiger partial charge in [0.25, 0.3) is 0 Å². The van der Waals surface area contributed by atoms with Gasteiger partial charge in [-0.2, -0.15) is 5.10 Å². The molecule has 16 heavy (non-hydrogen) atoms. The van der Waals surface area contributed by atoms with Gasteiger partial charge in [-0.15, -0.1) is 6.58 Å². The Balaban J connectivity index is 2.72. The average Bonchev–Trinajstić information content (AvgIpc) is 2.61. The topological polar surface area (TPSA) is 46.9 Å². The van der Waals surface area contributed by atoms with Gasteiger partial charge < -0.3 is 5.32 Å². The molecule has 0 aliphatic carbocycles. The van der Waals surface area contributed by atoms with Gasteiger partial charge in [0.1, 0.15) is 5.69 Å². The lowest BCUT2D eigenvalue weighted by Gasteiger charge is -2.06. The maximum Gasteiger partial charge on any atom is 0.196 e. The minimum Gasteiger partial charge on any atom is -0.306 e. The lowest BCUT2D eigenvalue weighted by Crippen LogP contribution is -2.25. The number of aromatic nitrogens is 2. The Bertz CT molecular complexity index is 373. The van der Waals surface area contributed by atoms with Crippen molar-refractivity contribution in [2.24, 2.45) is 0 Å². The maximum atomic E-state index is 11.9. The third kappa shape index (κ3) is 3.18. The van der Waals surface area contributed by atoms with E-state index in [0.29, 0.717) is 23.8 Å². The molecule has 0 spiro atoms. The van der Waals surface area contributed by atoms with E-state index in [1.807, 2.05) is 6.92 Å². The van der Waals surface area contributed by atoms with Gasteiger partial charge >= 0.3 is 0 Å². The smallest absolute Gasteiger partial charge is 0.196 e. The van der Waals surface area contributed by atoms with E-state index < -0.39 is 0 Å². The number of aryl methyl sites for hydroxylation is 1. The van der Waals surface area contributed by atoms with Crippen molar-refractivity contribution in [1.29, 1.82) is 0 Å². The molecular weight excluding hydrogens is 226 g/mol. The molecule has 1 heterocycles. The summed E-state index contributed by atoms with van der Waals surface area (Å²) in [5.74, 6) is -0.0437. The number of nitrogens with zero attached hydrogens (tertiary/aromatic N) is 2. The summed E-state index contributed by atoms with van der Waals surface area (Å²) >= 11 is 5.94. The fourth-order valence-corrected chi connectivity index (χ4v) is 1.64. The zero-order valence-electron chi connectivity index (χ0n) is 9.37. The molecule has 5 heteroatoms. The number of ketones is 1. The van der Waals surface area contributed by atoms with E-state index >= 15 is 0 Å². The van der Waals surface area contributed by atoms with Gasteiger partial charge in [-0.25, -0.2) is 0 Å². The molecule has 0 radical (unpaired) electrons. The normalized spacial score (nSPS) is 10.4. The first-order valence-electron chi connectivity index (χ1n) is 5.26. The lowest BCUT2D eigenvalue weighted by molar-refractivity contribution is 0.0982. The minimum atomic E-state index is -0.0437. The van der Waals surface area contributed by atoms with Crippen LogP contribution in [0.2, 0.25) is 5.02 Å². The van der Waals surface area contributed by atoms with Crippen LogP contribution >= 0.6 is 11.6 Å². The van der Waals surface area contributed by atoms with Crippen LogP contribution in [0.25, 0.3) is 0 Å². The third-order valence-electron chi connectivity index (χ3n) is 2.07.